The van der Waals surface area contributed by atoms with Crippen LogP contribution in [-0.4, -0.2) is 16.1 Å². The first-order valence-electron chi connectivity index (χ1n) is 7.37. The topological polar surface area (TPSA) is 72.9 Å². The summed E-state index contributed by atoms with van der Waals surface area (Å²) in [5.41, 5.74) is 7.86. The van der Waals surface area contributed by atoms with Crippen LogP contribution in [0.1, 0.15) is 30.0 Å². The predicted octanol–water partition coefficient (Wildman–Crippen LogP) is 1.69. The van der Waals surface area contributed by atoms with Crippen molar-refractivity contribution in [3.63, 3.8) is 0 Å². The van der Waals surface area contributed by atoms with Crippen molar-refractivity contribution in [2.75, 3.05) is 11.9 Å². The third-order valence-corrected chi connectivity index (χ3v) is 3.72. The molecule has 1 saturated carbocycles. The lowest BCUT2D eigenvalue weighted by atomic mass is 10.1. The zero-order chi connectivity index (χ0) is 14.7. The van der Waals surface area contributed by atoms with E-state index in [1.165, 1.54) is 5.56 Å². The van der Waals surface area contributed by atoms with Gasteiger partial charge in [-0.3, -0.25) is 4.79 Å². The van der Waals surface area contributed by atoms with Crippen LogP contribution in [0.15, 0.2) is 41.5 Å². The summed E-state index contributed by atoms with van der Waals surface area (Å²) in [5.74, 6) is 0.426. The van der Waals surface area contributed by atoms with Crippen LogP contribution >= 0.6 is 0 Å². The van der Waals surface area contributed by atoms with E-state index in [0.29, 0.717) is 24.9 Å². The molecule has 0 saturated heterocycles. The largest absolute Gasteiger partial charge is 0.361 e. The third kappa shape index (κ3) is 3.31. The van der Waals surface area contributed by atoms with Gasteiger partial charge in [-0.1, -0.05) is 24.3 Å². The highest BCUT2D eigenvalue weighted by molar-refractivity contribution is 5.34. The summed E-state index contributed by atoms with van der Waals surface area (Å²) in [5, 5.41) is 3.13. The number of aromatic nitrogens is 2. The molecule has 3 rings (SSSR count). The summed E-state index contributed by atoms with van der Waals surface area (Å²) >= 11 is 0. The minimum absolute atomic E-state index is 0.0280. The highest BCUT2D eigenvalue weighted by Crippen LogP contribution is 2.33. The van der Waals surface area contributed by atoms with E-state index in [2.05, 4.69) is 34.6 Å². The highest BCUT2D eigenvalue weighted by Gasteiger charge is 2.25. The molecule has 110 valence electrons. The minimum atomic E-state index is -0.0280. The van der Waals surface area contributed by atoms with Gasteiger partial charge in [-0.2, -0.15) is 0 Å². The monoisotopic (exact) mass is 284 g/mol. The fourth-order valence-corrected chi connectivity index (χ4v) is 2.36. The van der Waals surface area contributed by atoms with Crippen molar-refractivity contribution in [2.24, 2.45) is 5.73 Å². The Morgan fingerprint density at radius 2 is 1.95 bits per heavy atom. The maximum Gasteiger partial charge on any atom is 0.293 e. The molecule has 5 heteroatoms. The van der Waals surface area contributed by atoms with Crippen LogP contribution in [0, 0.1) is 0 Å². The second-order valence-corrected chi connectivity index (χ2v) is 5.43. The van der Waals surface area contributed by atoms with Gasteiger partial charge >= 0.3 is 0 Å². The van der Waals surface area contributed by atoms with Crippen molar-refractivity contribution < 1.29 is 0 Å². The molecule has 0 spiro atoms. The summed E-state index contributed by atoms with van der Waals surface area (Å²) in [6, 6.07) is 8.63. The van der Waals surface area contributed by atoms with Gasteiger partial charge in [-0.05, 0) is 36.9 Å². The Kier molecular flexibility index (Phi) is 4.01. The van der Waals surface area contributed by atoms with Gasteiger partial charge in [0.05, 0.1) is 0 Å². The van der Waals surface area contributed by atoms with E-state index in [0.717, 1.165) is 24.8 Å². The lowest BCUT2D eigenvalue weighted by Crippen LogP contribution is -2.23. The zero-order valence-electron chi connectivity index (χ0n) is 12.0. The van der Waals surface area contributed by atoms with Gasteiger partial charge in [0.25, 0.3) is 5.56 Å². The molecule has 2 aromatic rings. The molecule has 0 atom stereocenters. The molecule has 21 heavy (non-hydrogen) atoms. The van der Waals surface area contributed by atoms with Crippen LogP contribution in [0.3, 0.4) is 0 Å². The maximum absolute atomic E-state index is 12.2. The lowest BCUT2D eigenvalue weighted by Gasteiger charge is -2.08. The Labute approximate surface area is 123 Å². The number of anilines is 1. The van der Waals surface area contributed by atoms with E-state index in [1.807, 2.05) is 0 Å². The molecule has 0 amide bonds. The fraction of sp³-hybridized carbons (Fsp3) is 0.375. The molecule has 0 radical (unpaired) electrons. The van der Waals surface area contributed by atoms with Crippen molar-refractivity contribution in [2.45, 2.75) is 31.8 Å². The summed E-state index contributed by atoms with van der Waals surface area (Å²) < 4.78 is 1.78. The Hall–Kier alpha value is -2.14. The minimum Gasteiger partial charge on any atom is -0.361 e. The summed E-state index contributed by atoms with van der Waals surface area (Å²) in [6.07, 6.45) is 6.52. The normalized spacial score (nSPS) is 14.1. The van der Waals surface area contributed by atoms with Crippen molar-refractivity contribution in [1.82, 2.24) is 9.55 Å². The Morgan fingerprint density at radius 3 is 2.62 bits per heavy atom. The summed E-state index contributed by atoms with van der Waals surface area (Å²) in [7, 11) is 0. The standard InChI is InChI=1S/C16H20N4O/c17-8-7-12-1-3-13(4-2-12)11-19-15-16(21)20(10-9-18-15)14-5-6-14/h1-4,9-10,14H,5-8,11,17H2,(H,18,19). The Balaban J connectivity index is 1.67. The van der Waals surface area contributed by atoms with Crippen LogP contribution in [-0.2, 0) is 13.0 Å². The smallest absolute Gasteiger partial charge is 0.293 e. The zero-order valence-corrected chi connectivity index (χ0v) is 12.0. The quantitative estimate of drug-likeness (QED) is 0.846. The molecule has 1 fully saturated rings. The first-order chi connectivity index (χ1) is 10.3. The van der Waals surface area contributed by atoms with Gasteiger partial charge in [0, 0.05) is 25.0 Å². The van der Waals surface area contributed by atoms with Crippen LogP contribution in [0.2, 0.25) is 0 Å². The van der Waals surface area contributed by atoms with Gasteiger partial charge in [0.2, 0.25) is 0 Å². The number of nitrogens with two attached hydrogens (primary N) is 1. The summed E-state index contributed by atoms with van der Waals surface area (Å²) in [6.45, 7) is 1.26. The first kappa shape index (κ1) is 13.8. The molecule has 1 aromatic heterocycles. The molecule has 5 nitrogen and oxygen atoms in total. The summed E-state index contributed by atoms with van der Waals surface area (Å²) in [4.78, 5) is 16.4. The average molecular weight is 284 g/mol. The number of rotatable bonds is 6. The molecule has 3 N–H and O–H groups in total. The van der Waals surface area contributed by atoms with Gasteiger partial charge in [-0.15, -0.1) is 0 Å². The van der Waals surface area contributed by atoms with E-state index in [4.69, 9.17) is 5.73 Å². The van der Waals surface area contributed by atoms with Gasteiger partial charge in [0.1, 0.15) is 0 Å². The van der Waals surface area contributed by atoms with E-state index >= 15 is 0 Å². The van der Waals surface area contributed by atoms with Crippen molar-refractivity contribution >= 4 is 5.82 Å². The van der Waals surface area contributed by atoms with E-state index in [1.54, 1.807) is 17.0 Å². The van der Waals surface area contributed by atoms with Crippen molar-refractivity contribution in [3.8, 4) is 0 Å². The maximum atomic E-state index is 12.2. The van der Waals surface area contributed by atoms with Crippen LogP contribution in [0.4, 0.5) is 5.82 Å². The first-order valence-corrected chi connectivity index (χ1v) is 7.37. The van der Waals surface area contributed by atoms with Crippen molar-refractivity contribution in [1.29, 1.82) is 0 Å². The molecule has 0 bridgehead atoms. The van der Waals surface area contributed by atoms with Crippen LogP contribution < -0.4 is 16.6 Å². The van der Waals surface area contributed by atoms with Gasteiger partial charge in [0.15, 0.2) is 5.82 Å². The predicted molar refractivity (Wildman–Crippen MR) is 83.3 cm³/mol. The van der Waals surface area contributed by atoms with Crippen LogP contribution in [0.5, 0.6) is 0 Å². The average Bonchev–Trinajstić information content (AvgIpc) is 3.33. The molecule has 0 unspecified atom stereocenters. The number of hydrogen-bond acceptors (Lipinski definition) is 4. The lowest BCUT2D eigenvalue weighted by molar-refractivity contribution is 0.699. The van der Waals surface area contributed by atoms with E-state index < -0.39 is 0 Å². The third-order valence-electron chi connectivity index (χ3n) is 3.72. The Bertz CT molecular complexity index is 659. The SMILES string of the molecule is NCCc1ccc(CNc2nccn(C3CC3)c2=O)cc1. The number of benzene rings is 1. The Morgan fingerprint density at radius 1 is 1.24 bits per heavy atom. The van der Waals surface area contributed by atoms with Gasteiger partial charge < -0.3 is 15.6 Å². The molecule has 1 heterocycles. The van der Waals surface area contributed by atoms with Gasteiger partial charge in [-0.25, -0.2) is 4.98 Å². The van der Waals surface area contributed by atoms with Crippen molar-refractivity contribution in [3.05, 3.63) is 58.1 Å². The second-order valence-electron chi connectivity index (χ2n) is 5.43. The highest BCUT2D eigenvalue weighted by atomic mass is 16.1. The second kappa shape index (κ2) is 6.10. The van der Waals surface area contributed by atoms with Crippen LogP contribution in [0.25, 0.3) is 0 Å². The molecule has 1 aromatic carbocycles. The fourth-order valence-electron chi connectivity index (χ4n) is 2.36. The number of hydrogen-bond donors (Lipinski definition) is 2. The number of nitrogens with one attached hydrogen (secondary N) is 1. The molecular weight excluding hydrogens is 264 g/mol. The molecule has 1 aliphatic rings. The van der Waals surface area contributed by atoms with E-state index in [9.17, 15) is 4.79 Å². The molecular formula is C16H20N4O. The van der Waals surface area contributed by atoms with E-state index in [-0.39, 0.29) is 5.56 Å². The molecule has 0 aliphatic heterocycles. The number of nitrogens with zero attached hydrogens (tertiary/aromatic N) is 2. The molecule has 1 aliphatic carbocycles.